The summed E-state index contributed by atoms with van der Waals surface area (Å²) in [6.07, 6.45) is 2.65. The number of aromatic nitrogens is 5. The maximum atomic E-state index is 13.0. The van der Waals surface area contributed by atoms with Crippen LogP contribution in [0, 0.1) is 0 Å². The van der Waals surface area contributed by atoms with Crippen molar-refractivity contribution >= 4 is 23.1 Å². The van der Waals surface area contributed by atoms with Gasteiger partial charge in [-0.05, 0) is 23.6 Å². The van der Waals surface area contributed by atoms with Crippen molar-refractivity contribution in [2.75, 3.05) is 0 Å². The van der Waals surface area contributed by atoms with Crippen LogP contribution in [0.1, 0.15) is 12.4 Å². The molecule has 0 fully saturated rings. The van der Waals surface area contributed by atoms with Gasteiger partial charge >= 0.3 is 6.55 Å². The van der Waals surface area contributed by atoms with E-state index in [1.165, 1.54) is 24.2 Å². The molecule has 0 aliphatic heterocycles. The minimum Gasteiger partial charge on any atom is -0.277 e. The van der Waals surface area contributed by atoms with Gasteiger partial charge in [0.2, 0.25) is 0 Å². The number of thiophene rings is 1. The Kier molecular flexibility index (Phi) is 4.81. The third-order valence-corrected chi connectivity index (χ3v) is 5.47. The van der Waals surface area contributed by atoms with E-state index in [2.05, 4.69) is 15.2 Å². The van der Waals surface area contributed by atoms with Crippen molar-refractivity contribution in [3.8, 4) is 16.4 Å². The van der Waals surface area contributed by atoms with E-state index in [4.69, 9.17) is 0 Å². The molecular formula is C17H13F2N5S2. The van der Waals surface area contributed by atoms with Crippen LogP contribution in [0.4, 0.5) is 8.78 Å². The van der Waals surface area contributed by atoms with Crippen LogP contribution < -0.4 is 0 Å². The van der Waals surface area contributed by atoms with E-state index < -0.39 is 6.55 Å². The number of halogens is 2. The van der Waals surface area contributed by atoms with Gasteiger partial charge in [-0.3, -0.25) is 9.13 Å². The van der Waals surface area contributed by atoms with Crippen LogP contribution in [-0.2, 0) is 5.75 Å². The second kappa shape index (κ2) is 7.38. The normalized spacial score (nSPS) is 11.3. The van der Waals surface area contributed by atoms with Crippen molar-refractivity contribution in [2.24, 2.45) is 0 Å². The molecule has 0 N–H and O–H groups in total. The average Bonchev–Trinajstić information content (AvgIpc) is 3.39. The largest absolute Gasteiger partial charge is 0.319 e. The first-order chi connectivity index (χ1) is 12.7. The second-order valence-corrected chi connectivity index (χ2v) is 7.16. The molecule has 0 aliphatic carbocycles. The molecule has 5 nitrogen and oxygen atoms in total. The van der Waals surface area contributed by atoms with E-state index in [-0.39, 0.29) is 5.75 Å². The lowest BCUT2D eigenvalue weighted by Crippen LogP contribution is -2.03. The zero-order chi connectivity index (χ0) is 17.9. The Bertz CT molecular complexity index is 980. The molecule has 0 bridgehead atoms. The molecule has 4 rings (SSSR count). The zero-order valence-electron chi connectivity index (χ0n) is 13.4. The number of hydrogen-bond donors (Lipinski definition) is 0. The molecule has 0 spiro atoms. The van der Waals surface area contributed by atoms with Gasteiger partial charge in [0.1, 0.15) is 5.82 Å². The van der Waals surface area contributed by atoms with Gasteiger partial charge in [0.25, 0.3) is 0 Å². The number of rotatable bonds is 6. The number of imidazole rings is 1. The molecule has 3 heterocycles. The van der Waals surface area contributed by atoms with Crippen molar-refractivity contribution in [2.45, 2.75) is 17.5 Å². The highest BCUT2D eigenvalue weighted by molar-refractivity contribution is 7.98. The molecule has 0 amide bonds. The lowest BCUT2D eigenvalue weighted by molar-refractivity contribution is 0.0678. The predicted molar refractivity (Wildman–Crippen MR) is 97.7 cm³/mol. The average molecular weight is 389 g/mol. The van der Waals surface area contributed by atoms with Gasteiger partial charge in [-0.2, -0.15) is 8.78 Å². The zero-order valence-corrected chi connectivity index (χ0v) is 15.0. The second-order valence-electron chi connectivity index (χ2n) is 5.27. The molecule has 9 heteroatoms. The summed E-state index contributed by atoms with van der Waals surface area (Å²) in [5.41, 5.74) is 0.917. The van der Waals surface area contributed by atoms with Gasteiger partial charge in [-0.15, -0.1) is 21.5 Å². The molecule has 0 saturated heterocycles. The first kappa shape index (κ1) is 16.9. The SMILES string of the molecule is FC(F)n1ccnc1CSc1nnc(-c2cccs2)n1-c1ccccc1. The first-order valence-electron chi connectivity index (χ1n) is 7.71. The van der Waals surface area contributed by atoms with Crippen molar-refractivity contribution in [3.63, 3.8) is 0 Å². The Morgan fingerprint density at radius 3 is 2.65 bits per heavy atom. The maximum absolute atomic E-state index is 13.0. The van der Waals surface area contributed by atoms with Gasteiger partial charge in [0, 0.05) is 18.1 Å². The minimum absolute atomic E-state index is 0.271. The van der Waals surface area contributed by atoms with Crippen molar-refractivity contribution in [1.82, 2.24) is 24.3 Å². The molecule has 1 aromatic carbocycles. The lowest BCUT2D eigenvalue weighted by Gasteiger charge is -2.10. The summed E-state index contributed by atoms with van der Waals surface area (Å²) in [5.74, 6) is 1.29. The molecular weight excluding hydrogens is 376 g/mol. The number of hydrogen-bond acceptors (Lipinski definition) is 5. The van der Waals surface area contributed by atoms with E-state index in [9.17, 15) is 8.78 Å². The van der Waals surface area contributed by atoms with Gasteiger partial charge in [0.05, 0.1) is 10.6 Å². The summed E-state index contributed by atoms with van der Waals surface area (Å²) >= 11 is 2.90. The molecule has 3 aromatic heterocycles. The Hall–Kier alpha value is -2.52. The molecule has 0 aliphatic rings. The van der Waals surface area contributed by atoms with E-state index in [1.807, 2.05) is 52.4 Å². The summed E-state index contributed by atoms with van der Waals surface area (Å²) in [6.45, 7) is -2.61. The van der Waals surface area contributed by atoms with E-state index in [1.54, 1.807) is 11.3 Å². The van der Waals surface area contributed by atoms with E-state index in [0.717, 1.165) is 21.0 Å². The van der Waals surface area contributed by atoms with Crippen LogP contribution in [0.3, 0.4) is 0 Å². The number of benzene rings is 1. The van der Waals surface area contributed by atoms with Crippen LogP contribution in [0.5, 0.6) is 0 Å². The molecule has 0 radical (unpaired) electrons. The highest BCUT2D eigenvalue weighted by Gasteiger charge is 2.18. The van der Waals surface area contributed by atoms with Crippen molar-refractivity contribution < 1.29 is 8.78 Å². The highest BCUT2D eigenvalue weighted by atomic mass is 32.2. The van der Waals surface area contributed by atoms with Gasteiger partial charge < -0.3 is 0 Å². The fraction of sp³-hybridized carbons (Fsp3) is 0.118. The lowest BCUT2D eigenvalue weighted by atomic mass is 10.3. The van der Waals surface area contributed by atoms with Crippen LogP contribution in [0.25, 0.3) is 16.4 Å². The summed E-state index contributed by atoms with van der Waals surface area (Å²) in [7, 11) is 0. The summed E-state index contributed by atoms with van der Waals surface area (Å²) in [4.78, 5) is 5.01. The molecule has 4 aromatic rings. The quantitative estimate of drug-likeness (QED) is 0.441. The summed E-state index contributed by atoms with van der Waals surface area (Å²) in [6, 6.07) is 13.7. The standard InChI is InChI=1S/C17H13F2N5S2/c18-16(19)23-9-8-20-14(23)11-26-17-22-21-15(13-7-4-10-25-13)24(17)12-5-2-1-3-6-12/h1-10,16H,11H2. The Balaban J connectivity index is 1.69. The van der Waals surface area contributed by atoms with Gasteiger partial charge in [-0.1, -0.05) is 36.0 Å². The smallest absolute Gasteiger partial charge is 0.277 e. The highest BCUT2D eigenvalue weighted by Crippen LogP contribution is 2.31. The summed E-state index contributed by atoms with van der Waals surface area (Å²) in [5, 5.41) is 11.2. The fourth-order valence-electron chi connectivity index (χ4n) is 2.50. The van der Waals surface area contributed by atoms with E-state index >= 15 is 0 Å². The number of alkyl halides is 2. The predicted octanol–water partition coefficient (Wildman–Crippen LogP) is 4.88. The number of nitrogens with zero attached hydrogens (tertiary/aromatic N) is 5. The minimum atomic E-state index is -2.61. The third kappa shape index (κ3) is 3.27. The third-order valence-electron chi connectivity index (χ3n) is 3.68. The van der Waals surface area contributed by atoms with Crippen LogP contribution in [0.2, 0.25) is 0 Å². The summed E-state index contributed by atoms with van der Waals surface area (Å²) < 4.78 is 28.8. The topological polar surface area (TPSA) is 48.5 Å². The van der Waals surface area contributed by atoms with Crippen molar-refractivity contribution in [3.05, 3.63) is 66.1 Å². The Morgan fingerprint density at radius 1 is 1.08 bits per heavy atom. The monoisotopic (exact) mass is 389 g/mol. The molecule has 132 valence electrons. The Morgan fingerprint density at radius 2 is 1.92 bits per heavy atom. The van der Waals surface area contributed by atoms with Crippen molar-refractivity contribution in [1.29, 1.82) is 0 Å². The van der Waals surface area contributed by atoms with Crippen LogP contribution >= 0.6 is 23.1 Å². The van der Waals surface area contributed by atoms with Gasteiger partial charge in [-0.25, -0.2) is 4.98 Å². The number of thioether (sulfide) groups is 1. The van der Waals surface area contributed by atoms with Crippen LogP contribution in [-0.4, -0.2) is 24.3 Å². The molecule has 0 atom stereocenters. The molecule has 26 heavy (non-hydrogen) atoms. The molecule has 0 saturated carbocycles. The maximum Gasteiger partial charge on any atom is 0.319 e. The number of para-hydroxylation sites is 1. The van der Waals surface area contributed by atoms with Gasteiger partial charge in [0.15, 0.2) is 11.0 Å². The molecule has 0 unspecified atom stereocenters. The van der Waals surface area contributed by atoms with E-state index in [0.29, 0.717) is 11.0 Å². The Labute approximate surface area is 156 Å². The first-order valence-corrected chi connectivity index (χ1v) is 9.58. The van der Waals surface area contributed by atoms with Crippen LogP contribution in [0.15, 0.2) is 65.4 Å². The fourth-order valence-corrected chi connectivity index (χ4v) is 4.10.